The van der Waals surface area contributed by atoms with Crippen molar-refractivity contribution in [3.8, 4) is 0 Å². The lowest BCUT2D eigenvalue weighted by Crippen LogP contribution is -2.32. The molecule has 0 aromatic heterocycles. The summed E-state index contributed by atoms with van der Waals surface area (Å²) in [6.45, 7) is -0.101. The van der Waals surface area contributed by atoms with Crippen LogP contribution < -0.4 is 10.0 Å². The van der Waals surface area contributed by atoms with Crippen LogP contribution in [0.25, 0.3) is 0 Å². The lowest BCUT2D eigenvalue weighted by atomic mass is 10.2. The van der Waals surface area contributed by atoms with Gasteiger partial charge in [-0.1, -0.05) is 0 Å². The maximum absolute atomic E-state index is 11.8. The van der Waals surface area contributed by atoms with Crippen molar-refractivity contribution in [1.29, 1.82) is 0 Å². The zero-order chi connectivity index (χ0) is 15.1. The molecule has 0 saturated carbocycles. The SMILES string of the molecule is NS(=O)(=O)C1CC(=O)N(c2ccc(Br)c([N+](=O)[O-])c2)C1. The minimum Gasteiger partial charge on any atom is -0.311 e. The Balaban J connectivity index is 2.36. The van der Waals surface area contributed by atoms with E-state index >= 15 is 0 Å². The van der Waals surface area contributed by atoms with Gasteiger partial charge in [-0.3, -0.25) is 14.9 Å². The molecule has 1 amide bonds. The third-order valence-corrected chi connectivity index (χ3v) is 4.91. The molecule has 1 aliphatic heterocycles. The summed E-state index contributed by atoms with van der Waals surface area (Å²) in [6, 6.07) is 4.15. The number of anilines is 1. The third-order valence-electron chi connectivity index (χ3n) is 2.99. The Hall–Kier alpha value is -1.52. The Morgan fingerprint density at radius 1 is 1.45 bits per heavy atom. The molecule has 1 aromatic carbocycles. The molecule has 1 unspecified atom stereocenters. The summed E-state index contributed by atoms with van der Waals surface area (Å²) < 4.78 is 22.8. The Labute approximate surface area is 122 Å². The van der Waals surface area contributed by atoms with Crippen LogP contribution in [0.2, 0.25) is 0 Å². The van der Waals surface area contributed by atoms with Gasteiger partial charge in [0.25, 0.3) is 5.69 Å². The second-order valence-corrected chi connectivity index (χ2v) is 7.01. The average Bonchev–Trinajstić information content (AvgIpc) is 2.71. The normalized spacial score (nSPS) is 19.4. The van der Waals surface area contributed by atoms with Crippen LogP contribution >= 0.6 is 15.9 Å². The number of nitrogens with zero attached hydrogens (tertiary/aromatic N) is 2. The molecule has 1 aliphatic rings. The standard InChI is InChI=1S/C10H10BrN3O5S/c11-8-2-1-6(3-9(8)14(16)17)13-5-7(4-10(13)15)20(12,18)19/h1-3,7H,4-5H2,(H2,12,18,19). The first-order valence-corrected chi connectivity index (χ1v) is 7.86. The van der Waals surface area contributed by atoms with Crippen molar-refractivity contribution in [2.24, 2.45) is 5.14 Å². The second-order valence-electron chi connectivity index (χ2n) is 4.31. The molecule has 8 nitrogen and oxygen atoms in total. The number of primary sulfonamides is 1. The summed E-state index contributed by atoms with van der Waals surface area (Å²) in [5, 5.41) is 14.9. The van der Waals surface area contributed by atoms with Crippen LogP contribution in [0, 0.1) is 10.1 Å². The summed E-state index contributed by atoms with van der Waals surface area (Å²) in [6.07, 6.45) is -0.220. The van der Waals surface area contributed by atoms with Gasteiger partial charge in [0.15, 0.2) is 0 Å². The number of nitro groups is 1. The molecule has 1 saturated heterocycles. The molecule has 2 N–H and O–H groups in total. The number of carbonyl (C=O) groups is 1. The fraction of sp³-hybridized carbons (Fsp3) is 0.300. The Kier molecular flexibility index (Phi) is 3.80. The smallest absolute Gasteiger partial charge is 0.285 e. The highest BCUT2D eigenvalue weighted by Crippen LogP contribution is 2.32. The van der Waals surface area contributed by atoms with E-state index in [1.54, 1.807) is 0 Å². The number of nitro benzene ring substituents is 1. The minimum absolute atomic E-state index is 0.101. The molecule has 108 valence electrons. The van der Waals surface area contributed by atoms with Gasteiger partial charge in [0.1, 0.15) is 5.25 Å². The fourth-order valence-electron chi connectivity index (χ4n) is 1.95. The van der Waals surface area contributed by atoms with E-state index in [9.17, 15) is 23.3 Å². The highest BCUT2D eigenvalue weighted by molar-refractivity contribution is 9.10. The van der Waals surface area contributed by atoms with E-state index in [0.717, 1.165) is 0 Å². The first kappa shape index (κ1) is 14.9. The first-order chi connectivity index (χ1) is 9.20. The Bertz CT molecular complexity index is 690. The van der Waals surface area contributed by atoms with Crippen molar-refractivity contribution in [3.63, 3.8) is 0 Å². The summed E-state index contributed by atoms with van der Waals surface area (Å²) in [4.78, 5) is 23.3. The number of sulfonamides is 1. The summed E-state index contributed by atoms with van der Waals surface area (Å²) in [7, 11) is -3.82. The van der Waals surface area contributed by atoms with E-state index < -0.39 is 26.1 Å². The van der Waals surface area contributed by atoms with Crippen LogP contribution in [0.1, 0.15) is 6.42 Å². The van der Waals surface area contributed by atoms with E-state index in [1.165, 1.54) is 23.1 Å². The maximum atomic E-state index is 11.8. The van der Waals surface area contributed by atoms with Crippen LogP contribution in [-0.2, 0) is 14.8 Å². The molecule has 10 heteroatoms. The van der Waals surface area contributed by atoms with Gasteiger partial charge < -0.3 is 4.90 Å². The number of hydrogen-bond donors (Lipinski definition) is 1. The number of carbonyl (C=O) groups excluding carboxylic acids is 1. The van der Waals surface area contributed by atoms with Crippen LogP contribution in [0.4, 0.5) is 11.4 Å². The van der Waals surface area contributed by atoms with Crippen molar-refractivity contribution in [3.05, 3.63) is 32.8 Å². The molecular formula is C10H10BrN3O5S. The zero-order valence-electron chi connectivity index (χ0n) is 10.0. The van der Waals surface area contributed by atoms with Gasteiger partial charge in [0.05, 0.1) is 15.1 Å². The highest BCUT2D eigenvalue weighted by atomic mass is 79.9. The van der Waals surface area contributed by atoms with E-state index in [1.807, 2.05) is 0 Å². The fourth-order valence-corrected chi connectivity index (χ4v) is 3.08. The summed E-state index contributed by atoms with van der Waals surface area (Å²) >= 11 is 3.04. The molecule has 1 heterocycles. The van der Waals surface area contributed by atoms with Gasteiger partial charge in [0.2, 0.25) is 15.9 Å². The van der Waals surface area contributed by atoms with Crippen molar-refractivity contribution < 1.29 is 18.1 Å². The van der Waals surface area contributed by atoms with Gasteiger partial charge >= 0.3 is 0 Å². The molecule has 1 atom stereocenters. The molecule has 0 aliphatic carbocycles. The second kappa shape index (κ2) is 5.11. The average molecular weight is 364 g/mol. The molecule has 0 spiro atoms. The summed E-state index contributed by atoms with van der Waals surface area (Å²) in [5.41, 5.74) is 0.0744. The van der Waals surface area contributed by atoms with E-state index in [-0.39, 0.29) is 28.8 Å². The predicted molar refractivity (Wildman–Crippen MR) is 74.7 cm³/mol. The molecule has 1 aromatic rings. The van der Waals surface area contributed by atoms with Crippen molar-refractivity contribution in [2.75, 3.05) is 11.4 Å². The molecular weight excluding hydrogens is 354 g/mol. The number of amides is 1. The van der Waals surface area contributed by atoms with Gasteiger partial charge in [-0.2, -0.15) is 0 Å². The minimum atomic E-state index is -3.82. The highest BCUT2D eigenvalue weighted by Gasteiger charge is 2.37. The number of nitrogens with two attached hydrogens (primary N) is 1. The van der Waals surface area contributed by atoms with Crippen LogP contribution in [0.15, 0.2) is 22.7 Å². The van der Waals surface area contributed by atoms with Crippen molar-refractivity contribution in [1.82, 2.24) is 0 Å². The lowest BCUT2D eigenvalue weighted by Gasteiger charge is -2.16. The largest absolute Gasteiger partial charge is 0.311 e. The predicted octanol–water partition coefficient (Wildman–Crippen LogP) is 0.751. The zero-order valence-corrected chi connectivity index (χ0v) is 12.4. The third kappa shape index (κ3) is 2.81. The number of rotatable bonds is 3. The van der Waals surface area contributed by atoms with Crippen LogP contribution in [-0.4, -0.2) is 31.0 Å². The van der Waals surface area contributed by atoms with Gasteiger partial charge in [-0.25, -0.2) is 13.6 Å². The molecule has 20 heavy (non-hydrogen) atoms. The van der Waals surface area contributed by atoms with E-state index in [2.05, 4.69) is 15.9 Å². The first-order valence-electron chi connectivity index (χ1n) is 5.46. The Morgan fingerprint density at radius 3 is 2.60 bits per heavy atom. The summed E-state index contributed by atoms with van der Waals surface area (Å²) in [5.74, 6) is -0.430. The quantitative estimate of drug-likeness (QED) is 0.626. The maximum Gasteiger partial charge on any atom is 0.285 e. The molecule has 0 bridgehead atoms. The molecule has 2 rings (SSSR count). The number of benzene rings is 1. The van der Waals surface area contributed by atoms with Gasteiger partial charge in [-0.05, 0) is 28.1 Å². The van der Waals surface area contributed by atoms with E-state index in [0.29, 0.717) is 0 Å². The number of halogens is 1. The van der Waals surface area contributed by atoms with Gasteiger partial charge in [0, 0.05) is 19.0 Å². The molecule has 1 fully saturated rings. The number of hydrogen-bond acceptors (Lipinski definition) is 5. The van der Waals surface area contributed by atoms with Gasteiger partial charge in [-0.15, -0.1) is 0 Å². The molecule has 0 radical (unpaired) electrons. The lowest BCUT2D eigenvalue weighted by molar-refractivity contribution is -0.385. The van der Waals surface area contributed by atoms with E-state index in [4.69, 9.17) is 5.14 Å². The monoisotopic (exact) mass is 363 g/mol. The topological polar surface area (TPSA) is 124 Å². The van der Waals surface area contributed by atoms with Crippen LogP contribution in [0.5, 0.6) is 0 Å². The van der Waals surface area contributed by atoms with Crippen molar-refractivity contribution in [2.45, 2.75) is 11.7 Å². The van der Waals surface area contributed by atoms with Crippen LogP contribution in [0.3, 0.4) is 0 Å². The van der Waals surface area contributed by atoms with Crippen molar-refractivity contribution >= 4 is 43.2 Å². The Morgan fingerprint density at radius 2 is 2.10 bits per heavy atom.